The average molecular weight is 441 g/mol. The van der Waals surface area contributed by atoms with Crippen LogP contribution in [-0.2, 0) is 0 Å². The molecule has 0 nitrogen and oxygen atoms in total. The molecule has 0 aliphatic heterocycles. The van der Waals surface area contributed by atoms with Crippen LogP contribution in [0, 0.1) is 17.6 Å². The first-order valence-corrected chi connectivity index (χ1v) is 12.1. The van der Waals surface area contributed by atoms with Crippen LogP contribution in [0.4, 0.5) is 8.78 Å². The van der Waals surface area contributed by atoms with Gasteiger partial charge in [0.25, 0.3) is 0 Å². The third-order valence-corrected chi connectivity index (χ3v) is 7.30. The van der Waals surface area contributed by atoms with Crippen molar-refractivity contribution < 1.29 is 8.78 Å². The van der Waals surface area contributed by atoms with Gasteiger partial charge in [-0.15, -0.1) is 0 Å². The van der Waals surface area contributed by atoms with Crippen LogP contribution in [0.15, 0.2) is 48.5 Å². The molecule has 0 bridgehead atoms. The van der Waals surface area contributed by atoms with Crippen LogP contribution in [0.5, 0.6) is 0 Å². The lowest BCUT2D eigenvalue weighted by Gasteiger charge is -2.29. The monoisotopic (exact) mass is 440 g/mol. The quantitative estimate of drug-likeness (QED) is 0.320. The van der Waals surface area contributed by atoms with E-state index in [2.05, 4.69) is 19.1 Å². The van der Waals surface area contributed by atoms with E-state index in [4.69, 9.17) is 11.6 Å². The number of hydrogen-bond acceptors (Lipinski definition) is 0. The fourth-order valence-corrected chi connectivity index (χ4v) is 5.21. The van der Waals surface area contributed by atoms with Gasteiger partial charge < -0.3 is 0 Å². The number of unbranched alkanes of at least 4 members (excludes halogenated alkanes) is 3. The fraction of sp³-hybridized carbons (Fsp3) is 0.429. The van der Waals surface area contributed by atoms with Crippen LogP contribution in [-0.4, -0.2) is 0 Å². The van der Waals surface area contributed by atoms with E-state index in [1.54, 1.807) is 12.1 Å². The van der Waals surface area contributed by atoms with Crippen LogP contribution in [0.2, 0.25) is 5.02 Å². The lowest BCUT2D eigenvalue weighted by Crippen LogP contribution is -2.13. The highest BCUT2D eigenvalue weighted by Crippen LogP contribution is 2.39. The molecule has 0 atom stereocenters. The minimum absolute atomic E-state index is 0.0465. The zero-order valence-electron chi connectivity index (χ0n) is 18.3. The van der Waals surface area contributed by atoms with Crippen molar-refractivity contribution in [2.75, 3.05) is 0 Å². The predicted molar refractivity (Wildman–Crippen MR) is 128 cm³/mol. The summed E-state index contributed by atoms with van der Waals surface area (Å²) in [4.78, 5) is 0. The Kier molecular flexibility index (Phi) is 7.27. The second-order valence-corrected chi connectivity index (χ2v) is 9.51. The van der Waals surface area contributed by atoms with Gasteiger partial charge >= 0.3 is 0 Å². The Morgan fingerprint density at radius 1 is 0.871 bits per heavy atom. The minimum atomic E-state index is -0.532. The van der Waals surface area contributed by atoms with Crippen molar-refractivity contribution in [1.82, 2.24) is 0 Å². The molecular weight excluding hydrogens is 410 g/mol. The molecule has 0 saturated heterocycles. The molecule has 3 aromatic rings. The summed E-state index contributed by atoms with van der Waals surface area (Å²) in [6, 6.07) is 14.2. The molecule has 1 saturated carbocycles. The highest BCUT2D eigenvalue weighted by Gasteiger charge is 2.22. The summed E-state index contributed by atoms with van der Waals surface area (Å²) in [6.07, 6.45) is 11.9. The van der Waals surface area contributed by atoms with Gasteiger partial charge in [0.15, 0.2) is 0 Å². The summed E-state index contributed by atoms with van der Waals surface area (Å²) >= 11 is 5.77. The molecule has 3 heteroatoms. The number of hydrogen-bond donors (Lipinski definition) is 0. The van der Waals surface area contributed by atoms with Gasteiger partial charge in [0.1, 0.15) is 11.6 Å². The van der Waals surface area contributed by atoms with Gasteiger partial charge in [-0.2, -0.15) is 0 Å². The second-order valence-electron chi connectivity index (χ2n) is 9.10. The second kappa shape index (κ2) is 10.1. The van der Waals surface area contributed by atoms with E-state index in [9.17, 15) is 4.39 Å². The van der Waals surface area contributed by atoms with Crippen molar-refractivity contribution in [3.8, 4) is 11.1 Å². The first kappa shape index (κ1) is 22.3. The Bertz CT molecular complexity index is 1030. The van der Waals surface area contributed by atoms with E-state index in [1.165, 1.54) is 75.5 Å². The molecule has 0 radical (unpaired) electrons. The molecule has 31 heavy (non-hydrogen) atoms. The van der Waals surface area contributed by atoms with Crippen LogP contribution < -0.4 is 0 Å². The van der Waals surface area contributed by atoms with Gasteiger partial charge in [-0.25, -0.2) is 8.78 Å². The lowest BCUT2D eigenvalue weighted by molar-refractivity contribution is 0.302. The van der Waals surface area contributed by atoms with Crippen molar-refractivity contribution in [3.05, 3.63) is 70.8 Å². The molecule has 1 fully saturated rings. The standard InChI is InChI=1S/C28H31ClF2/c1-2-3-4-5-6-19-7-9-20(10-8-19)21-11-14-24-22(17-21)12-15-25(28(24)31)23-13-16-26(29)27(30)18-23/h11-20H,2-10H2,1H3. The molecule has 0 spiro atoms. The maximum absolute atomic E-state index is 15.2. The third-order valence-electron chi connectivity index (χ3n) is 6.99. The molecule has 1 aliphatic rings. The molecule has 0 aromatic heterocycles. The minimum Gasteiger partial charge on any atom is -0.206 e. The van der Waals surface area contributed by atoms with Gasteiger partial charge in [0.2, 0.25) is 0 Å². The average Bonchev–Trinajstić information content (AvgIpc) is 2.79. The van der Waals surface area contributed by atoms with E-state index in [-0.39, 0.29) is 10.8 Å². The Labute approximate surface area is 189 Å². The third kappa shape index (κ3) is 5.12. The van der Waals surface area contributed by atoms with E-state index < -0.39 is 5.82 Å². The zero-order chi connectivity index (χ0) is 21.8. The predicted octanol–water partition coefficient (Wildman–Crippen LogP) is 9.68. The van der Waals surface area contributed by atoms with Crippen LogP contribution in [0.25, 0.3) is 21.9 Å². The van der Waals surface area contributed by atoms with Crippen molar-refractivity contribution in [3.63, 3.8) is 0 Å². The highest BCUT2D eigenvalue weighted by atomic mass is 35.5. The number of fused-ring (bicyclic) bond motifs is 1. The van der Waals surface area contributed by atoms with Gasteiger partial charge in [-0.05, 0) is 66.2 Å². The largest absolute Gasteiger partial charge is 0.206 e. The first-order chi connectivity index (χ1) is 15.1. The summed E-state index contributed by atoms with van der Waals surface area (Å²) in [7, 11) is 0. The van der Waals surface area contributed by atoms with Gasteiger partial charge in [0, 0.05) is 10.9 Å². The highest BCUT2D eigenvalue weighted by molar-refractivity contribution is 6.30. The van der Waals surface area contributed by atoms with Crippen molar-refractivity contribution >= 4 is 22.4 Å². The van der Waals surface area contributed by atoms with Crippen LogP contribution in [0.3, 0.4) is 0 Å². The maximum Gasteiger partial charge on any atom is 0.142 e. The number of benzene rings is 3. The lowest BCUT2D eigenvalue weighted by atomic mass is 9.76. The smallest absolute Gasteiger partial charge is 0.142 e. The Hall–Kier alpha value is -1.93. The van der Waals surface area contributed by atoms with Gasteiger partial charge in [-0.3, -0.25) is 0 Å². The molecular formula is C28H31ClF2. The Balaban J connectivity index is 1.47. The summed E-state index contributed by atoms with van der Waals surface area (Å²) in [5, 5.41) is 1.54. The summed E-state index contributed by atoms with van der Waals surface area (Å²) < 4.78 is 29.1. The normalized spacial score (nSPS) is 19.1. The van der Waals surface area contributed by atoms with Crippen molar-refractivity contribution in [1.29, 1.82) is 0 Å². The van der Waals surface area contributed by atoms with E-state index in [1.807, 2.05) is 12.1 Å². The number of rotatable bonds is 7. The molecule has 0 unspecified atom stereocenters. The molecule has 0 N–H and O–H groups in total. The van der Waals surface area contributed by atoms with Crippen molar-refractivity contribution in [2.24, 2.45) is 5.92 Å². The molecule has 3 aromatic carbocycles. The molecule has 0 amide bonds. The van der Waals surface area contributed by atoms with E-state index in [0.29, 0.717) is 22.4 Å². The fourth-order valence-electron chi connectivity index (χ4n) is 5.10. The SMILES string of the molecule is CCCCCCC1CCC(c2ccc3c(F)c(-c4ccc(Cl)c(F)c4)ccc3c2)CC1. The first-order valence-electron chi connectivity index (χ1n) is 11.7. The molecule has 164 valence electrons. The Morgan fingerprint density at radius 3 is 2.42 bits per heavy atom. The van der Waals surface area contributed by atoms with Gasteiger partial charge in [0.05, 0.1) is 5.02 Å². The zero-order valence-corrected chi connectivity index (χ0v) is 19.0. The van der Waals surface area contributed by atoms with Crippen LogP contribution in [0.1, 0.15) is 76.2 Å². The topological polar surface area (TPSA) is 0 Å². The number of halogens is 3. The van der Waals surface area contributed by atoms with Gasteiger partial charge in [-0.1, -0.05) is 87.0 Å². The van der Waals surface area contributed by atoms with Crippen LogP contribution >= 0.6 is 11.6 Å². The summed E-state index contributed by atoms with van der Waals surface area (Å²) in [6.45, 7) is 2.26. The van der Waals surface area contributed by atoms with Crippen molar-refractivity contribution in [2.45, 2.75) is 70.6 Å². The van der Waals surface area contributed by atoms with E-state index >= 15 is 4.39 Å². The molecule has 0 heterocycles. The maximum atomic E-state index is 15.2. The summed E-state index contributed by atoms with van der Waals surface area (Å²) in [5.74, 6) is 0.620. The summed E-state index contributed by atoms with van der Waals surface area (Å²) in [5.41, 5.74) is 2.23. The van der Waals surface area contributed by atoms with E-state index in [0.717, 1.165) is 11.3 Å². The molecule has 4 rings (SSSR count). The Morgan fingerprint density at radius 2 is 1.68 bits per heavy atom. The molecule has 1 aliphatic carbocycles.